The highest BCUT2D eigenvalue weighted by Gasteiger charge is 2.55. The van der Waals surface area contributed by atoms with Crippen LogP contribution >= 0.6 is 0 Å². The third kappa shape index (κ3) is 2.84. The lowest BCUT2D eigenvalue weighted by Crippen LogP contribution is -2.64. The van der Waals surface area contributed by atoms with Gasteiger partial charge in [-0.3, -0.25) is 19.5 Å². The van der Waals surface area contributed by atoms with Crippen molar-refractivity contribution >= 4 is 23.6 Å². The largest absolute Gasteiger partial charge is 0.508 e. The normalized spacial score (nSPS) is 22.6. The predicted octanol–water partition coefficient (Wildman–Crippen LogP) is 3.06. The number of anilines is 1. The van der Waals surface area contributed by atoms with Crippen LogP contribution in [-0.4, -0.2) is 57.0 Å². The van der Waals surface area contributed by atoms with Crippen LogP contribution in [0.1, 0.15) is 19.4 Å². The molecule has 8 nitrogen and oxygen atoms in total. The molecule has 164 valence electrons. The Hall–Kier alpha value is -3.88. The summed E-state index contributed by atoms with van der Waals surface area (Å²) in [6.45, 7) is 3.88. The van der Waals surface area contributed by atoms with Crippen molar-refractivity contribution in [3.05, 3.63) is 71.3 Å². The molecule has 1 saturated heterocycles. The number of guanidine groups is 1. The molecule has 3 aliphatic rings. The van der Waals surface area contributed by atoms with Gasteiger partial charge in [0, 0.05) is 24.5 Å². The van der Waals surface area contributed by atoms with Gasteiger partial charge in [-0.1, -0.05) is 18.2 Å². The summed E-state index contributed by atoms with van der Waals surface area (Å²) in [6.07, 6.45) is -0.669. The van der Waals surface area contributed by atoms with E-state index in [9.17, 15) is 19.1 Å². The average Bonchev–Trinajstić information content (AvgIpc) is 3.26. The van der Waals surface area contributed by atoms with Crippen molar-refractivity contribution in [2.24, 2.45) is 4.99 Å². The Morgan fingerprint density at radius 2 is 1.78 bits per heavy atom. The first-order valence-electron chi connectivity index (χ1n) is 10.2. The number of benzene rings is 2. The number of aromatic hydroxyl groups is 1. The summed E-state index contributed by atoms with van der Waals surface area (Å²) in [5.74, 6) is -0.0732. The molecule has 2 atom stereocenters. The summed E-state index contributed by atoms with van der Waals surface area (Å²) >= 11 is 0. The number of carbonyl (C=O) groups is 2. The van der Waals surface area contributed by atoms with Crippen molar-refractivity contribution in [2.45, 2.75) is 32.6 Å². The lowest BCUT2D eigenvalue weighted by molar-refractivity contribution is -0.137. The number of allylic oxidation sites excluding steroid dienone is 2. The van der Waals surface area contributed by atoms with Gasteiger partial charge in [0.25, 0.3) is 5.91 Å². The number of amides is 3. The highest BCUT2D eigenvalue weighted by Crippen LogP contribution is 2.40. The fraction of sp³-hybridized carbons (Fsp3) is 0.261. The fourth-order valence-corrected chi connectivity index (χ4v) is 4.47. The molecule has 0 aliphatic carbocycles. The maximum atomic E-state index is 13.5. The number of rotatable bonds is 3. The van der Waals surface area contributed by atoms with E-state index < -0.39 is 18.2 Å². The van der Waals surface area contributed by atoms with Gasteiger partial charge < -0.3 is 10.0 Å². The summed E-state index contributed by atoms with van der Waals surface area (Å²) in [6, 6.07) is 11.4. The van der Waals surface area contributed by atoms with Crippen molar-refractivity contribution in [2.75, 3.05) is 11.9 Å². The molecule has 5 rings (SSSR count). The highest BCUT2D eigenvalue weighted by atomic mass is 19.1. The zero-order chi connectivity index (χ0) is 22.7. The van der Waals surface area contributed by atoms with E-state index in [2.05, 4.69) is 0 Å². The van der Waals surface area contributed by atoms with Gasteiger partial charge in [0.1, 0.15) is 11.6 Å². The Morgan fingerprint density at radius 1 is 1.06 bits per heavy atom. The molecule has 0 saturated carbocycles. The molecule has 0 aromatic heterocycles. The second-order valence-electron chi connectivity index (χ2n) is 8.13. The van der Waals surface area contributed by atoms with Crippen molar-refractivity contribution in [1.29, 1.82) is 0 Å². The number of phenols is 1. The number of fused-ring (bicyclic) bond motifs is 3. The topological polar surface area (TPSA) is 79.7 Å². The minimum absolute atomic E-state index is 0.0483. The zero-order valence-corrected chi connectivity index (χ0v) is 17.9. The standard InChI is InChI=1S/C23H22FN5O3/c1-13-14(2)29-19-20(25-22(29)28(13)17-5-4-6-18(30)11-17)26(3)23(32)27(21(19)31)12-15-7-9-16(24)10-8-15/h4-11,19-20,30H,12H2,1-3H3. The average molecular weight is 435 g/mol. The van der Waals surface area contributed by atoms with Crippen LogP contribution in [0.15, 0.2) is 64.9 Å². The zero-order valence-electron chi connectivity index (χ0n) is 17.9. The summed E-state index contributed by atoms with van der Waals surface area (Å²) in [5.41, 5.74) is 3.10. The van der Waals surface area contributed by atoms with Gasteiger partial charge in [0.05, 0.1) is 12.2 Å². The third-order valence-electron chi connectivity index (χ3n) is 6.23. The molecule has 2 unspecified atom stereocenters. The van der Waals surface area contributed by atoms with Crippen LogP contribution in [0, 0.1) is 5.82 Å². The van der Waals surface area contributed by atoms with E-state index in [4.69, 9.17) is 4.99 Å². The van der Waals surface area contributed by atoms with Crippen LogP contribution in [0.25, 0.3) is 0 Å². The van der Waals surface area contributed by atoms with Gasteiger partial charge in [-0.2, -0.15) is 0 Å². The molecule has 2 aromatic rings. The first-order chi connectivity index (χ1) is 15.3. The number of carbonyl (C=O) groups excluding carboxylic acids is 2. The molecule has 9 heteroatoms. The molecular weight excluding hydrogens is 413 g/mol. The van der Waals surface area contributed by atoms with Crippen LogP contribution in [0.3, 0.4) is 0 Å². The molecule has 0 spiro atoms. The van der Waals surface area contributed by atoms with Gasteiger partial charge >= 0.3 is 6.03 Å². The maximum absolute atomic E-state index is 13.5. The molecule has 0 bridgehead atoms. The fourth-order valence-electron chi connectivity index (χ4n) is 4.47. The second-order valence-corrected chi connectivity index (χ2v) is 8.13. The number of nitrogens with zero attached hydrogens (tertiary/aromatic N) is 5. The van der Waals surface area contributed by atoms with Crippen LogP contribution in [0.2, 0.25) is 0 Å². The molecule has 1 fully saturated rings. The number of aliphatic imine (C=N–C) groups is 1. The molecule has 3 amide bonds. The number of phenolic OH excluding ortho intramolecular Hbond substituents is 1. The van der Waals surface area contributed by atoms with Crippen LogP contribution in [0.5, 0.6) is 5.75 Å². The number of urea groups is 1. The Kier molecular flexibility index (Phi) is 4.44. The van der Waals surface area contributed by atoms with Gasteiger partial charge in [0.15, 0.2) is 12.2 Å². The lowest BCUT2D eigenvalue weighted by Gasteiger charge is -2.40. The first kappa shape index (κ1) is 20.0. The molecule has 0 radical (unpaired) electrons. The van der Waals surface area contributed by atoms with Crippen LogP contribution in [-0.2, 0) is 11.3 Å². The molecular formula is C23H22FN5O3. The molecule has 3 heterocycles. The molecule has 2 aromatic carbocycles. The van der Waals surface area contributed by atoms with Crippen molar-refractivity contribution in [3.63, 3.8) is 0 Å². The predicted molar refractivity (Wildman–Crippen MR) is 116 cm³/mol. The minimum Gasteiger partial charge on any atom is -0.508 e. The van der Waals surface area contributed by atoms with Gasteiger partial charge in [-0.15, -0.1) is 0 Å². The van der Waals surface area contributed by atoms with Crippen LogP contribution < -0.4 is 4.90 Å². The van der Waals surface area contributed by atoms with Gasteiger partial charge in [0.2, 0.25) is 5.96 Å². The van der Waals surface area contributed by atoms with E-state index in [1.54, 1.807) is 37.4 Å². The second kappa shape index (κ2) is 7.08. The van der Waals surface area contributed by atoms with E-state index in [1.165, 1.54) is 21.9 Å². The minimum atomic E-state index is -0.703. The smallest absolute Gasteiger partial charge is 0.328 e. The van der Waals surface area contributed by atoms with E-state index in [0.29, 0.717) is 17.2 Å². The number of hydrogen-bond donors (Lipinski definition) is 1. The van der Waals surface area contributed by atoms with Crippen molar-refractivity contribution in [3.8, 4) is 5.75 Å². The summed E-state index contributed by atoms with van der Waals surface area (Å²) in [5, 5.41) is 9.95. The Labute approximate surface area is 184 Å². The molecule has 3 aliphatic heterocycles. The SMILES string of the molecule is CC1=C(C)N2C(=NC3C2C(=O)N(Cc2ccc(F)cc2)C(=O)N3C)N1c1cccc(O)c1. The van der Waals surface area contributed by atoms with Crippen molar-refractivity contribution in [1.82, 2.24) is 14.7 Å². The van der Waals surface area contributed by atoms with Crippen molar-refractivity contribution < 1.29 is 19.1 Å². The highest BCUT2D eigenvalue weighted by molar-refractivity contribution is 6.10. The van der Waals surface area contributed by atoms with E-state index in [1.807, 2.05) is 29.7 Å². The number of likely N-dealkylation sites (N-methyl/N-ethyl adjacent to an activating group) is 1. The van der Waals surface area contributed by atoms with Gasteiger partial charge in [-0.05, 0) is 43.7 Å². The lowest BCUT2D eigenvalue weighted by atomic mass is 10.1. The van der Waals surface area contributed by atoms with E-state index >= 15 is 0 Å². The number of hydrogen-bond acceptors (Lipinski definition) is 6. The number of imide groups is 1. The van der Waals surface area contributed by atoms with E-state index in [0.717, 1.165) is 11.4 Å². The Balaban J connectivity index is 1.51. The maximum Gasteiger partial charge on any atom is 0.328 e. The third-order valence-corrected chi connectivity index (χ3v) is 6.23. The summed E-state index contributed by atoms with van der Waals surface area (Å²) in [4.78, 5) is 37.7. The Morgan fingerprint density at radius 3 is 2.47 bits per heavy atom. The quantitative estimate of drug-likeness (QED) is 0.802. The monoisotopic (exact) mass is 435 g/mol. The summed E-state index contributed by atoms with van der Waals surface area (Å²) in [7, 11) is 1.63. The van der Waals surface area contributed by atoms with E-state index in [-0.39, 0.29) is 24.0 Å². The first-order valence-corrected chi connectivity index (χ1v) is 10.2. The summed E-state index contributed by atoms with van der Waals surface area (Å²) < 4.78 is 13.3. The number of halogens is 1. The Bertz CT molecular complexity index is 1190. The molecule has 1 N–H and O–H groups in total. The molecule has 32 heavy (non-hydrogen) atoms. The van der Waals surface area contributed by atoms with Gasteiger partial charge in [-0.25, -0.2) is 14.2 Å². The van der Waals surface area contributed by atoms with Crippen LogP contribution in [0.4, 0.5) is 14.9 Å².